The van der Waals surface area contributed by atoms with Gasteiger partial charge in [0, 0.05) is 30.2 Å². The van der Waals surface area contributed by atoms with Crippen molar-refractivity contribution in [3.63, 3.8) is 0 Å². The third-order valence-electron chi connectivity index (χ3n) is 8.35. The number of likely N-dealkylation sites (tertiary alicyclic amines) is 1. The maximum atomic E-state index is 14.2. The van der Waals surface area contributed by atoms with Crippen LogP contribution in [0.4, 0.5) is 8.78 Å². The number of halogens is 2. The highest BCUT2D eigenvalue weighted by molar-refractivity contribution is 6.05. The molecule has 41 heavy (non-hydrogen) atoms. The number of amides is 3. The Balaban J connectivity index is 1.03. The average Bonchev–Trinajstić information content (AvgIpc) is 3.30. The minimum absolute atomic E-state index is 0.109. The van der Waals surface area contributed by atoms with Crippen LogP contribution in [0, 0.1) is 11.6 Å². The quantitative estimate of drug-likeness (QED) is 0.425. The summed E-state index contributed by atoms with van der Waals surface area (Å²) in [6.45, 7) is 3.09. The summed E-state index contributed by atoms with van der Waals surface area (Å²) in [5.41, 5.74) is 4.04. The van der Waals surface area contributed by atoms with Gasteiger partial charge in [-0.15, -0.1) is 0 Å². The maximum Gasteiger partial charge on any atom is 0.255 e. The molecule has 3 heterocycles. The van der Waals surface area contributed by atoms with Gasteiger partial charge in [-0.25, -0.2) is 8.78 Å². The monoisotopic (exact) mass is 559 g/mol. The molecule has 0 unspecified atom stereocenters. The molecular weight excluding hydrogens is 528 g/mol. The van der Waals surface area contributed by atoms with E-state index in [-0.39, 0.29) is 30.7 Å². The Morgan fingerprint density at radius 1 is 0.902 bits per heavy atom. The molecule has 3 aliphatic heterocycles. The van der Waals surface area contributed by atoms with Crippen molar-refractivity contribution in [2.24, 2.45) is 0 Å². The molecule has 9 heteroatoms. The fourth-order valence-electron chi connectivity index (χ4n) is 6.09. The maximum absolute atomic E-state index is 14.2. The van der Waals surface area contributed by atoms with E-state index < -0.39 is 23.6 Å². The smallest absolute Gasteiger partial charge is 0.255 e. The molecule has 7 nitrogen and oxygen atoms in total. The summed E-state index contributed by atoms with van der Waals surface area (Å²) in [4.78, 5) is 40.8. The van der Waals surface area contributed by atoms with E-state index in [2.05, 4.69) is 22.3 Å². The largest absolute Gasteiger partial charge is 0.489 e. The van der Waals surface area contributed by atoms with E-state index in [1.54, 1.807) is 18.2 Å². The number of carbonyl (C=O) groups excluding carboxylic acids is 3. The minimum atomic E-state index is -0.664. The molecule has 212 valence electrons. The van der Waals surface area contributed by atoms with E-state index >= 15 is 0 Å². The molecule has 0 aliphatic carbocycles. The lowest BCUT2D eigenvalue weighted by Gasteiger charge is -2.32. The predicted molar refractivity (Wildman–Crippen MR) is 147 cm³/mol. The SMILES string of the molecule is O=C1CC[C@H](N2Cc3c(OCc4ccc(CN5CCC(c6ccc(F)cc6F)CC5)cc4)cccc3C2=O)C(=O)N1. The van der Waals surface area contributed by atoms with E-state index in [1.807, 2.05) is 18.2 Å². The van der Waals surface area contributed by atoms with Gasteiger partial charge in [0.25, 0.3) is 5.91 Å². The van der Waals surface area contributed by atoms with Gasteiger partial charge in [-0.2, -0.15) is 0 Å². The molecule has 3 amide bonds. The molecule has 0 radical (unpaired) electrons. The summed E-state index contributed by atoms with van der Waals surface area (Å²) in [6, 6.07) is 16.8. The lowest BCUT2D eigenvalue weighted by molar-refractivity contribution is -0.136. The molecular formula is C32H31F2N3O4. The number of carbonyl (C=O) groups is 3. The number of hydrogen-bond acceptors (Lipinski definition) is 5. The van der Waals surface area contributed by atoms with Crippen molar-refractivity contribution in [3.8, 4) is 5.75 Å². The fourth-order valence-corrected chi connectivity index (χ4v) is 6.09. The Hall–Kier alpha value is -4.11. The van der Waals surface area contributed by atoms with Crippen molar-refractivity contribution < 1.29 is 27.9 Å². The molecule has 6 rings (SSSR count). The molecule has 0 spiro atoms. The van der Waals surface area contributed by atoms with Crippen LogP contribution in [0.15, 0.2) is 60.7 Å². The number of nitrogens with zero attached hydrogens (tertiary/aromatic N) is 2. The lowest BCUT2D eigenvalue weighted by Crippen LogP contribution is -2.52. The van der Waals surface area contributed by atoms with Gasteiger partial charge in [0.2, 0.25) is 11.8 Å². The topological polar surface area (TPSA) is 79.0 Å². The van der Waals surface area contributed by atoms with Gasteiger partial charge < -0.3 is 9.64 Å². The molecule has 0 aromatic heterocycles. The number of benzene rings is 3. The lowest BCUT2D eigenvalue weighted by atomic mass is 9.89. The summed E-state index contributed by atoms with van der Waals surface area (Å²) in [5.74, 6) is -1.26. The molecule has 3 aliphatic rings. The number of hydrogen-bond donors (Lipinski definition) is 1. The van der Waals surface area contributed by atoms with Crippen molar-refractivity contribution in [2.75, 3.05) is 13.1 Å². The summed E-state index contributed by atoms with van der Waals surface area (Å²) < 4.78 is 33.6. The van der Waals surface area contributed by atoms with Gasteiger partial charge in [-0.1, -0.05) is 36.4 Å². The highest BCUT2D eigenvalue weighted by atomic mass is 19.1. The van der Waals surface area contributed by atoms with Crippen molar-refractivity contribution in [2.45, 2.75) is 57.3 Å². The molecule has 2 fully saturated rings. The summed E-state index contributed by atoms with van der Waals surface area (Å²) in [7, 11) is 0. The predicted octanol–water partition coefficient (Wildman–Crippen LogP) is 4.68. The first-order valence-electron chi connectivity index (χ1n) is 14.0. The van der Waals surface area contributed by atoms with E-state index in [1.165, 1.54) is 16.5 Å². The van der Waals surface area contributed by atoms with Gasteiger partial charge in [0.1, 0.15) is 30.0 Å². The van der Waals surface area contributed by atoms with Crippen LogP contribution in [-0.4, -0.2) is 46.7 Å². The first kappa shape index (κ1) is 27.1. The number of rotatable bonds is 7. The second kappa shape index (κ2) is 11.4. The second-order valence-corrected chi connectivity index (χ2v) is 11.0. The van der Waals surface area contributed by atoms with Gasteiger partial charge in [0.15, 0.2) is 0 Å². The van der Waals surface area contributed by atoms with E-state index in [0.717, 1.165) is 49.7 Å². The zero-order valence-electron chi connectivity index (χ0n) is 22.6. The molecule has 3 aromatic rings. The van der Waals surface area contributed by atoms with Crippen molar-refractivity contribution in [3.05, 3.63) is 100 Å². The Morgan fingerprint density at radius 2 is 1.66 bits per heavy atom. The van der Waals surface area contributed by atoms with Crippen LogP contribution >= 0.6 is 0 Å². The van der Waals surface area contributed by atoms with Crippen LogP contribution in [0.2, 0.25) is 0 Å². The molecule has 1 N–H and O–H groups in total. The van der Waals surface area contributed by atoms with Gasteiger partial charge in [0.05, 0.1) is 6.54 Å². The second-order valence-electron chi connectivity index (χ2n) is 11.0. The zero-order valence-corrected chi connectivity index (χ0v) is 22.6. The number of piperidine rings is 2. The summed E-state index contributed by atoms with van der Waals surface area (Å²) in [6.07, 6.45) is 2.20. The average molecular weight is 560 g/mol. The van der Waals surface area contributed by atoms with Gasteiger partial charge in [-0.05, 0) is 73.2 Å². The molecule has 0 saturated carbocycles. The highest BCUT2D eigenvalue weighted by Crippen LogP contribution is 2.34. The van der Waals surface area contributed by atoms with Crippen molar-refractivity contribution >= 4 is 17.7 Å². The zero-order chi connectivity index (χ0) is 28.5. The first-order chi connectivity index (χ1) is 19.9. The van der Waals surface area contributed by atoms with Crippen LogP contribution < -0.4 is 10.1 Å². The molecule has 1 atom stereocenters. The first-order valence-corrected chi connectivity index (χ1v) is 14.0. The third kappa shape index (κ3) is 5.72. The number of imide groups is 1. The summed E-state index contributed by atoms with van der Waals surface area (Å²) in [5, 5.41) is 2.33. The van der Waals surface area contributed by atoms with Crippen LogP contribution in [-0.2, 0) is 29.3 Å². The third-order valence-corrected chi connectivity index (χ3v) is 8.35. The Bertz CT molecular complexity index is 1480. The normalized spacial score (nSPS) is 19.8. The Kier molecular flexibility index (Phi) is 7.53. The van der Waals surface area contributed by atoms with E-state index in [9.17, 15) is 23.2 Å². The van der Waals surface area contributed by atoms with Crippen LogP contribution in [0.25, 0.3) is 0 Å². The molecule has 0 bridgehead atoms. The van der Waals surface area contributed by atoms with E-state index in [0.29, 0.717) is 29.9 Å². The Morgan fingerprint density at radius 3 is 2.39 bits per heavy atom. The van der Waals surface area contributed by atoms with Crippen LogP contribution in [0.1, 0.15) is 64.2 Å². The fraction of sp³-hybridized carbons (Fsp3) is 0.344. The number of ether oxygens (including phenoxy) is 1. The van der Waals surface area contributed by atoms with Gasteiger partial charge >= 0.3 is 0 Å². The molecule has 2 saturated heterocycles. The molecule has 3 aromatic carbocycles. The Labute approximate surface area is 237 Å². The minimum Gasteiger partial charge on any atom is -0.489 e. The van der Waals surface area contributed by atoms with Crippen LogP contribution in [0.3, 0.4) is 0 Å². The number of fused-ring (bicyclic) bond motifs is 1. The van der Waals surface area contributed by atoms with Crippen molar-refractivity contribution in [1.82, 2.24) is 15.1 Å². The number of nitrogens with one attached hydrogen (secondary N) is 1. The highest BCUT2D eigenvalue weighted by Gasteiger charge is 2.40. The van der Waals surface area contributed by atoms with Gasteiger partial charge in [-0.3, -0.25) is 24.6 Å². The van der Waals surface area contributed by atoms with Crippen molar-refractivity contribution in [1.29, 1.82) is 0 Å². The van der Waals surface area contributed by atoms with Crippen LogP contribution in [0.5, 0.6) is 5.75 Å². The van der Waals surface area contributed by atoms with E-state index in [4.69, 9.17) is 4.74 Å². The summed E-state index contributed by atoms with van der Waals surface area (Å²) >= 11 is 0. The standard InChI is InChI=1S/C32H31F2N3O4/c33-23-8-9-24(27(34)16-23)22-12-14-36(15-13-22)17-20-4-6-21(7-5-20)19-41-29-3-1-2-25-26(29)18-37(32(25)40)28-10-11-30(38)35-31(28)39/h1-9,16,22,28H,10-15,17-19H2,(H,35,38,39)/t28-/m0/s1.